The van der Waals surface area contributed by atoms with Crippen molar-refractivity contribution in [3.8, 4) is 0 Å². The average Bonchev–Trinajstić information content (AvgIpc) is 2.47. The zero-order valence-electron chi connectivity index (χ0n) is 12.4. The van der Waals surface area contributed by atoms with Gasteiger partial charge in [-0.2, -0.15) is 0 Å². The zero-order valence-corrected chi connectivity index (χ0v) is 12.4. The van der Waals surface area contributed by atoms with Gasteiger partial charge in [-0.05, 0) is 13.8 Å². The lowest BCUT2D eigenvalue weighted by molar-refractivity contribution is -0.172. The van der Waals surface area contributed by atoms with Gasteiger partial charge in [-0.15, -0.1) is 0 Å². The first-order valence-electron chi connectivity index (χ1n) is 6.30. The van der Waals surface area contributed by atoms with E-state index >= 15 is 0 Å². The van der Waals surface area contributed by atoms with E-state index in [0.29, 0.717) is 0 Å². The smallest absolute Gasteiger partial charge is 0.333 e. The van der Waals surface area contributed by atoms with Gasteiger partial charge in [-0.25, -0.2) is 9.59 Å². The van der Waals surface area contributed by atoms with E-state index < -0.39 is 43.0 Å². The zero-order chi connectivity index (χ0) is 17.4. The lowest BCUT2D eigenvalue weighted by Crippen LogP contribution is -2.48. The van der Waals surface area contributed by atoms with Gasteiger partial charge in [0, 0.05) is 11.1 Å². The number of aldehydes is 1. The van der Waals surface area contributed by atoms with Crippen LogP contribution in [0.5, 0.6) is 0 Å². The Balaban J connectivity index is 5.02. The molecule has 0 heterocycles. The van der Waals surface area contributed by atoms with Crippen molar-refractivity contribution in [3.63, 3.8) is 0 Å². The Hall–Kier alpha value is -2.03. The maximum Gasteiger partial charge on any atom is 0.333 e. The Morgan fingerprint density at radius 3 is 1.95 bits per heavy atom. The van der Waals surface area contributed by atoms with E-state index in [2.05, 4.69) is 13.2 Å². The van der Waals surface area contributed by atoms with E-state index in [1.807, 2.05) is 0 Å². The number of carbonyl (C=O) groups excluding carboxylic acids is 3. The summed E-state index contributed by atoms with van der Waals surface area (Å²) < 4.78 is 9.58. The Labute approximate surface area is 127 Å². The molecular formula is C14H20O8. The molecule has 0 aliphatic rings. The van der Waals surface area contributed by atoms with Gasteiger partial charge >= 0.3 is 11.9 Å². The Bertz CT molecular complexity index is 456. The van der Waals surface area contributed by atoms with Crippen molar-refractivity contribution in [1.82, 2.24) is 0 Å². The number of aliphatic hydroxyl groups excluding tert-OH is 3. The van der Waals surface area contributed by atoms with Crippen LogP contribution in [-0.2, 0) is 23.9 Å². The maximum atomic E-state index is 11.5. The number of ether oxygens (including phenoxy) is 2. The third-order valence-electron chi connectivity index (χ3n) is 2.55. The molecule has 0 saturated carbocycles. The van der Waals surface area contributed by atoms with Crippen LogP contribution in [-0.4, -0.2) is 64.6 Å². The Morgan fingerprint density at radius 1 is 1.05 bits per heavy atom. The highest BCUT2D eigenvalue weighted by Gasteiger charge is 2.34. The van der Waals surface area contributed by atoms with E-state index in [4.69, 9.17) is 9.47 Å². The minimum Gasteiger partial charge on any atom is -0.458 e. The van der Waals surface area contributed by atoms with E-state index in [1.165, 1.54) is 13.8 Å². The summed E-state index contributed by atoms with van der Waals surface area (Å²) in [7, 11) is 0. The standard InChI is InChI=1S/C14H20O8/c1-7(2)13(19)21-6-10(22-14(20)8(3)4)12(18)11(17)9(16)5-15/h5,9-12,16-18H,1,3,6H2,2,4H3/t9-,10+,11+,12+/m0/s1. The first-order chi connectivity index (χ1) is 10.1. The summed E-state index contributed by atoms with van der Waals surface area (Å²) >= 11 is 0. The minimum atomic E-state index is -1.93. The van der Waals surface area contributed by atoms with Crippen LogP contribution >= 0.6 is 0 Å². The molecule has 0 fully saturated rings. The molecule has 22 heavy (non-hydrogen) atoms. The van der Waals surface area contributed by atoms with Crippen molar-refractivity contribution in [2.45, 2.75) is 38.3 Å². The number of hydrogen-bond donors (Lipinski definition) is 3. The van der Waals surface area contributed by atoms with Crippen LogP contribution in [0, 0.1) is 0 Å². The Morgan fingerprint density at radius 2 is 1.55 bits per heavy atom. The normalized spacial score (nSPS) is 15.9. The van der Waals surface area contributed by atoms with Gasteiger partial charge in [0.25, 0.3) is 0 Å². The highest BCUT2D eigenvalue weighted by Crippen LogP contribution is 2.11. The van der Waals surface area contributed by atoms with Crippen molar-refractivity contribution in [1.29, 1.82) is 0 Å². The molecule has 0 bridgehead atoms. The quantitative estimate of drug-likeness (QED) is 0.277. The van der Waals surface area contributed by atoms with Crippen molar-refractivity contribution in [3.05, 3.63) is 24.3 Å². The molecule has 8 nitrogen and oxygen atoms in total. The van der Waals surface area contributed by atoms with E-state index in [0.717, 1.165) is 0 Å². The number of hydrogen-bond acceptors (Lipinski definition) is 8. The maximum absolute atomic E-state index is 11.5. The second kappa shape index (κ2) is 9.08. The average molecular weight is 316 g/mol. The van der Waals surface area contributed by atoms with Crippen LogP contribution in [0.2, 0.25) is 0 Å². The fraction of sp³-hybridized carbons (Fsp3) is 0.500. The predicted molar refractivity (Wildman–Crippen MR) is 74.6 cm³/mol. The first kappa shape index (κ1) is 20.0. The van der Waals surface area contributed by atoms with Gasteiger partial charge < -0.3 is 29.6 Å². The summed E-state index contributed by atoms with van der Waals surface area (Å²) in [5.74, 6) is -1.70. The first-order valence-corrected chi connectivity index (χ1v) is 6.30. The third-order valence-corrected chi connectivity index (χ3v) is 2.55. The van der Waals surface area contributed by atoms with Crippen LogP contribution in [0.1, 0.15) is 13.8 Å². The van der Waals surface area contributed by atoms with Crippen LogP contribution in [0.4, 0.5) is 0 Å². The van der Waals surface area contributed by atoms with Gasteiger partial charge in [0.2, 0.25) is 0 Å². The molecule has 0 spiro atoms. The Kier molecular flexibility index (Phi) is 8.24. The van der Waals surface area contributed by atoms with Gasteiger partial charge in [0.05, 0.1) is 0 Å². The molecule has 8 heteroatoms. The van der Waals surface area contributed by atoms with Crippen molar-refractivity contribution in [2.75, 3.05) is 6.61 Å². The van der Waals surface area contributed by atoms with Crippen LogP contribution in [0.3, 0.4) is 0 Å². The second-order valence-corrected chi connectivity index (χ2v) is 4.71. The fourth-order valence-corrected chi connectivity index (χ4v) is 1.22. The van der Waals surface area contributed by atoms with E-state index in [9.17, 15) is 29.7 Å². The molecule has 4 atom stereocenters. The van der Waals surface area contributed by atoms with Crippen LogP contribution in [0.15, 0.2) is 24.3 Å². The number of carbonyl (C=O) groups is 3. The van der Waals surface area contributed by atoms with Gasteiger partial charge in [0.15, 0.2) is 12.4 Å². The second-order valence-electron chi connectivity index (χ2n) is 4.71. The molecule has 0 saturated heterocycles. The lowest BCUT2D eigenvalue weighted by Gasteiger charge is -2.27. The highest BCUT2D eigenvalue weighted by molar-refractivity contribution is 5.87. The molecule has 0 radical (unpaired) electrons. The van der Waals surface area contributed by atoms with Gasteiger partial charge in [-0.1, -0.05) is 13.2 Å². The number of esters is 2. The van der Waals surface area contributed by atoms with Crippen molar-refractivity contribution >= 4 is 18.2 Å². The molecule has 0 aromatic heterocycles. The monoisotopic (exact) mass is 316 g/mol. The third kappa shape index (κ3) is 6.17. The summed E-state index contributed by atoms with van der Waals surface area (Å²) in [6.45, 7) is 8.82. The molecular weight excluding hydrogens is 296 g/mol. The van der Waals surface area contributed by atoms with Crippen molar-refractivity contribution in [2.24, 2.45) is 0 Å². The molecule has 0 aromatic carbocycles. The predicted octanol–water partition coefficient (Wildman–Crippen LogP) is -1.12. The summed E-state index contributed by atoms with van der Waals surface area (Å²) in [5, 5.41) is 28.6. The van der Waals surface area contributed by atoms with Gasteiger partial charge in [0.1, 0.15) is 24.9 Å². The minimum absolute atomic E-state index is 0.00538. The molecule has 3 N–H and O–H groups in total. The summed E-state index contributed by atoms with van der Waals surface area (Å²) in [6, 6.07) is 0. The largest absolute Gasteiger partial charge is 0.458 e. The topological polar surface area (TPSA) is 130 Å². The SMILES string of the molecule is C=C(C)C(=O)OC[C@@H](OC(=O)C(=C)C)[C@@H](O)[C@H](O)[C@@H](O)C=O. The van der Waals surface area contributed by atoms with Crippen molar-refractivity contribution < 1.29 is 39.2 Å². The molecule has 0 aromatic rings. The van der Waals surface area contributed by atoms with E-state index in [-0.39, 0.29) is 17.4 Å². The van der Waals surface area contributed by atoms with Gasteiger partial charge in [-0.3, -0.25) is 0 Å². The fourth-order valence-electron chi connectivity index (χ4n) is 1.22. The summed E-state index contributed by atoms with van der Waals surface area (Å²) in [4.78, 5) is 33.2. The lowest BCUT2D eigenvalue weighted by atomic mass is 10.0. The molecule has 0 amide bonds. The molecule has 124 valence electrons. The number of aliphatic hydroxyl groups is 3. The highest BCUT2D eigenvalue weighted by atomic mass is 16.6. The molecule has 0 aliphatic carbocycles. The number of rotatable bonds is 9. The van der Waals surface area contributed by atoms with Crippen LogP contribution in [0.25, 0.3) is 0 Å². The van der Waals surface area contributed by atoms with E-state index in [1.54, 1.807) is 0 Å². The molecule has 0 rings (SSSR count). The summed E-state index contributed by atoms with van der Waals surface area (Å²) in [5.41, 5.74) is 0.0850. The summed E-state index contributed by atoms with van der Waals surface area (Å²) in [6.07, 6.45) is -7.17. The molecule has 0 aliphatic heterocycles. The molecule has 0 unspecified atom stereocenters. The van der Waals surface area contributed by atoms with Crippen LogP contribution < -0.4 is 0 Å².